The third kappa shape index (κ3) is 3.11. The first kappa shape index (κ1) is 13.1. The second kappa shape index (κ2) is 6.02. The molecule has 0 N–H and O–H groups in total. The van der Waals surface area contributed by atoms with Crippen LogP contribution in [-0.4, -0.2) is 21.9 Å². The predicted octanol–water partition coefficient (Wildman–Crippen LogP) is 3.15. The van der Waals surface area contributed by atoms with Crippen LogP contribution in [0.1, 0.15) is 26.4 Å². The molecule has 1 aromatic heterocycles. The Balaban J connectivity index is 2.07. The second-order valence-corrected chi connectivity index (χ2v) is 5.01. The lowest BCUT2D eigenvalue weighted by Crippen LogP contribution is -2.05. The van der Waals surface area contributed by atoms with Crippen molar-refractivity contribution in [2.24, 2.45) is 0 Å². The molecular formula is C13H10BrNO2S. The van der Waals surface area contributed by atoms with Gasteiger partial charge in [0.15, 0.2) is 11.6 Å². The van der Waals surface area contributed by atoms with E-state index in [2.05, 4.69) is 20.9 Å². The van der Waals surface area contributed by atoms with E-state index in [0.29, 0.717) is 23.0 Å². The number of carbonyl (C=O) groups excluding carboxylic acids is 2. The van der Waals surface area contributed by atoms with Crippen LogP contribution in [0.2, 0.25) is 0 Å². The third-order valence-corrected chi connectivity index (χ3v) is 3.58. The second-order valence-electron chi connectivity index (χ2n) is 3.73. The van der Waals surface area contributed by atoms with Crippen LogP contribution in [0, 0.1) is 0 Å². The van der Waals surface area contributed by atoms with Gasteiger partial charge in [-0.05, 0) is 5.56 Å². The molecule has 0 saturated heterocycles. The highest BCUT2D eigenvalue weighted by Crippen LogP contribution is 2.10. The van der Waals surface area contributed by atoms with Crippen molar-refractivity contribution in [1.82, 2.24) is 4.98 Å². The summed E-state index contributed by atoms with van der Waals surface area (Å²) in [5, 5.41) is 2.05. The molecule has 0 amide bonds. The molecule has 92 valence electrons. The minimum absolute atomic E-state index is 0.00387. The van der Waals surface area contributed by atoms with Crippen LogP contribution >= 0.6 is 27.3 Å². The minimum atomic E-state index is -0.00387. The van der Waals surface area contributed by atoms with E-state index in [1.807, 2.05) is 0 Å². The molecular weight excluding hydrogens is 314 g/mol. The van der Waals surface area contributed by atoms with Gasteiger partial charge in [0.1, 0.15) is 5.69 Å². The minimum Gasteiger partial charge on any atom is -0.293 e. The van der Waals surface area contributed by atoms with Crippen molar-refractivity contribution in [2.45, 2.75) is 6.42 Å². The maximum Gasteiger partial charge on any atom is 0.186 e. The first-order chi connectivity index (χ1) is 8.70. The van der Waals surface area contributed by atoms with Gasteiger partial charge in [-0.2, -0.15) is 0 Å². The number of Topliss-reactive ketones (excluding diaryl/α,β-unsaturated/α-hetero) is 2. The lowest BCUT2D eigenvalue weighted by atomic mass is 10.0. The highest BCUT2D eigenvalue weighted by atomic mass is 79.9. The van der Waals surface area contributed by atoms with Gasteiger partial charge in [0.2, 0.25) is 0 Å². The van der Waals surface area contributed by atoms with Gasteiger partial charge < -0.3 is 0 Å². The summed E-state index contributed by atoms with van der Waals surface area (Å²) in [5.74, 6) is 0.0307. The first-order valence-electron chi connectivity index (χ1n) is 5.30. The lowest BCUT2D eigenvalue weighted by molar-refractivity contribution is 0.0987. The molecule has 0 aliphatic heterocycles. The normalized spacial score (nSPS) is 10.3. The van der Waals surface area contributed by atoms with Crippen LogP contribution in [0.15, 0.2) is 35.2 Å². The average molecular weight is 324 g/mol. The van der Waals surface area contributed by atoms with Crippen molar-refractivity contribution < 1.29 is 9.59 Å². The molecule has 2 rings (SSSR count). The maximum atomic E-state index is 11.8. The Kier molecular flexibility index (Phi) is 4.38. The number of carbonyl (C=O) groups is 2. The van der Waals surface area contributed by atoms with Crippen LogP contribution in [0.5, 0.6) is 0 Å². The molecule has 0 aliphatic rings. The van der Waals surface area contributed by atoms with E-state index in [1.165, 1.54) is 11.3 Å². The van der Waals surface area contributed by atoms with E-state index in [9.17, 15) is 9.59 Å². The SMILES string of the molecule is O=C(CBr)c1ccc(CC(=O)c2cscn2)cc1. The number of rotatable bonds is 5. The van der Waals surface area contributed by atoms with Crippen molar-refractivity contribution >= 4 is 38.8 Å². The standard InChI is InChI=1S/C13H10BrNO2S/c14-6-13(17)10-3-1-9(2-4-10)5-12(16)11-7-18-8-15-11/h1-4,7-8H,5-6H2. The molecule has 0 spiro atoms. The van der Waals surface area contributed by atoms with Crippen molar-refractivity contribution in [1.29, 1.82) is 0 Å². The topological polar surface area (TPSA) is 47.0 Å². The smallest absolute Gasteiger partial charge is 0.186 e. The average Bonchev–Trinajstić information content (AvgIpc) is 2.92. The van der Waals surface area contributed by atoms with E-state index in [1.54, 1.807) is 35.2 Å². The summed E-state index contributed by atoms with van der Waals surface area (Å²) >= 11 is 4.53. The molecule has 0 unspecified atom stereocenters. The number of alkyl halides is 1. The van der Waals surface area contributed by atoms with Crippen molar-refractivity contribution in [3.8, 4) is 0 Å². The van der Waals surface area contributed by atoms with Gasteiger partial charge in [-0.15, -0.1) is 11.3 Å². The summed E-state index contributed by atoms with van der Waals surface area (Å²) in [6.45, 7) is 0. The Hall–Kier alpha value is -1.33. The van der Waals surface area contributed by atoms with Gasteiger partial charge in [-0.3, -0.25) is 9.59 Å². The molecule has 2 aromatic rings. The monoisotopic (exact) mass is 323 g/mol. The zero-order valence-corrected chi connectivity index (χ0v) is 11.8. The number of benzene rings is 1. The molecule has 0 saturated carbocycles. The highest BCUT2D eigenvalue weighted by molar-refractivity contribution is 9.09. The maximum absolute atomic E-state index is 11.8. The van der Waals surface area contributed by atoms with E-state index >= 15 is 0 Å². The summed E-state index contributed by atoms with van der Waals surface area (Å²) in [4.78, 5) is 27.2. The van der Waals surface area contributed by atoms with E-state index < -0.39 is 0 Å². The van der Waals surface area contributed by atoms with Crippen LogP contribution in [-0.2, 0) is 6.42 Å². The number of ketones is 2. The van der Waals surface area contributed by atoms with Crippen molar-refractivity contribution in [2.75, 3.05) is 5.33 Å². The van der Waals surface area contributed by atoms with Crippen LogP contribution < -0.4 is 0 Å². The van der Waals surface area contributed by atoms with E-state index in [0.717, 1.165) is 5.56 Å². The molecule has 18 heavy (non-hydrogen) atoms. The molecule has 1 aromatic carbocycles. The highest BCUT2D eigenvalue weighted by Gasteiger charge is 2.09. The lowest BCUT2D eigenvalue weighted by Gasteiger charge is -2.01. The Morgan fingerprint density at radius 1 is 1.17 bits per heavy atom. The van der Waals surface area contributed by atoms with E-state index in [-0.39, 0.29) is 11.6 Å². The summed E-state index contributed by atoms with van der Waals surface area (Å²) in [5.41, 5.74) is 3.68. The molecule has 0 fully saturated rings. The summed E-state index contributed by atoms with van der Waals surface area (Å²) in [6.07, 6.45) is 0.312. The quantitative estimate of drug-likeness (QED) is 0.627. The van der Waals surface area contributed by atoms with E-state index in [4.69, 9.17) is 0 Å². The molecule has 1 heterocycles. The first-order valence-corrected chi connectivity index (χ1v) is 7.36. The number of nitrogens with zero attached hydrogens (tertiary/aromatic N) is 1. The summed E-state index contributed by atoms with van der Waals surface area (Å²) in [6, 6.07) is 7.10. The van der Waals surface area contributed by atoms with Gasteiger partial charge >= 0.3 is 0 Å². The fraction of sp³-hybridized carbons (Fsp3) is 0.154. The molecule has 5 heteroatoms. The number of hydrogen-bond acceptors (Lipinski definition) is 4. The Morgan fingerprint density at radius 2 is 1.89 bits per heavy atom. The zero-order chi connectivity index (χ0) is 13.0. The van der Waals surface area contributed by atoms with Gasteiger partial charge in [-0.25, -0.2) is 4.98 Å². The number of aromatic nitrogens is 1. The number of thiazole rings is 1. The fourth-order valence-electron chi connectivity index (χ4n) is 1.51. The van der Waals surface area contributed by atoms with Crippen LogP contribution in [0.3, 0.4) is 0 Å². The fourth-order valence-corrected chi connectivity index (χ4v) is 2.39. The van der Waals surface area contributed by atoms with Gasteiger partial charge in [-0.1, -0.05) is 40.2 Å². The predicted molar refractivity (Wildman–Crippen MR) is 74.7 cm³/mol. The number of halogens is 1. The summed E-state index contributed by atoms with van der Waals surface area (Å²) in [7, 11) is 0. The van der Waals surface area contributed by atoms with Gasteiger partial charge in [0.05, 0.1) is 10.8 Å². The molecule has 3 nitrogen and oxygen atoms in total. The van der Waals surface area contributed by atoms with Gasteiger partial charge in [0, 0.05) is 17.4 Å². The molecule has 0 bridgehead atoms. The summed E-state index contributed by atoms with van der Waals surface area (Å²) < 4.78 is 0. The van der Waals surface area contributed by atoms with Crippen molar-refractivity contribution in [3.63, 3.8) is 0 Å². The zero-order valence-electron chi connectivity index (χ0n) is 9.43. The third-order valence-electron chi connectivity index (χ3n) is 2.48. The van der Waals surface area contributed by atoms with Crippen molar-refractivity contribution in [3.05, 3.63) is 52.0 Å². The van der Waals surface area contributed by atoms with Crippen LogP contribution in [0.4, 0.5) is 0 Å². The Morgan fingerprint density at radius 3 is 2.44 bits per heavy atom. The Bertz CT molecular complexity index is 549. The number of hydrogen-bond donors (Lipinski definition) is 0. The molecule has 0 radical (unpaired) electrons. The molecule has 0 atom stereocenters. The van der Waals surface area contributed by atoms with Gasteiger partial charge in [0.25, 0.3) is 0 Å². The van der Waals surface area contributed by atoms with Crippen LogP contribution in [0.25, 0.3) is 0 Å². The Labute approximate surface area is 117 Å². The largest absolute Gasteiger partial charge is 0.293 e. The molecule has 0 aliphatic carbocycles.